The van der Waals surface area contributed by atoms with Gasteiger partial charge in [0.25, 0.3) is 5.91 Å². The van der Waals surface area contributed by atoms with Gasteiger partial charge in [-0.25, -0.2) is 4.98 Å². The number of hydrogen-bond acceptors (Lipinski definition) is 4. The molecule has 0 bridgehead atoms. The van der Waals surface area contributed by atoms with Gasteiger partial charge in [0.1, 0.15) is 5.69 Å². The lowest BCUT2D eigenvalue weighted by Crippen LogP contribution is -2.23. The van der Waals surface area contributed by atoms with Gasteiger partial charge in [-0.05, 0) is 31.5 Å². The zero-order valence-electron chi connectivity index (χ0n) is 12.2. The highest BCUT2D eigenvalue weighted by Gasteiger charge is 2.10. The fourth-order valence-corrected chi connectivity index (χ4v) is 2.76. The number of amides is 1. The van der Waals surface area contributed by atoms with Crippen molar-refractivity contribution in [3.8, 4) is 0 Å². The second-order valence-corrected chi connectivity index (χ2v) is 5.72. The predicted molar refractivity (Wildman–Crippen MR) is 89.2 cm³/mol. The van der Waals surface area contributed by atoms with Crippen molar-refractivity contribution in [2.75, 3.05) is 6.54 Å². The zero-order valence-corrected chi connectivity index (χ0v) is 13.8. The van der Waals surface area contributed by atoms with Crippen molar-refractivity contribution in [1.29, 1.82) is 0 Å². The minimum atomic E-state index is -0.135. The molecule has 2 aromatic rings. The van der Waals surface area contributed by atoms with Gasteiger partial charge in [-0.1, -0.05) is 23.8 Å². The topological polar surface area (TPSA) is 68.0 Å². The van der Waals surface area contributed by atoms with Crippen LogP contribution in [0.15, 0.2) is 23.6 Å². The molecule has 0 aliphatic heterocycles. The Morgan fingerprint density at radius 3 is 2.81 bits per heavy atom. The molecule has 0 atom stereocenters. The monoisotopic (exact) mass is 325 g/mol. The van der Waals surface area contributed by atoms with Gasteiger partial charge in [0.05, 0.1) is 5.01 Å². The third kappa shape index (κ3) is 4.81. The number of carbonyl (C=O) groups excluding carboxylic acids is 1. The predicted octanol–water partition coefficient (Wildman–Crippen LogP) is 2.61. The van der Waals surface area contributed by atoms with E-state index in [0.29, 0.717) is 18.8 Å². The summed E-state index contributed by atoms with van der Waals surface area (Å²) in [6.45, 7) is 5.19. The van der Waals surface area contributed by atoms with E-state index < -0.39 is 0 Å². The average molecular weight is 326 g/mol. The molecule has 0 fully saturated rings. The van der Waals surface area contributed by atoms with Crippen LogP contribution in [0.1, 0.15) is 32.2 Å². The van der Waals surface area contributed by atoms with Gasteiger partial charge < -0.3 is 11.1 Å². The molecule has 6 heteroatoms. The second kappa shape index (κ2) is 8.12. The summed E-state index contributed by atoms with van der Waals surface area (Å²) in [6.07, 6.45) is 0.717. The van der Waals surface area contributed by atoms with Gasteiger partial charge in [-0.2, -0.15) is 0 Å². The molecule has 1 aromatic heterocycles. The molecule has 0 saturated carbocycles. The molecule has 4 nitrogen and oxygen atoms in total. The molecule has 0 aliphatic rings. The Kier molecular flexibility index (Phi) is 6.81. The van der Waals surface area contributed by atoms with Crippen LogP contribution in [-0.4, -0.2) is 17.4 Å². The summed E-state index contributed by atoms with van der Waals surface area (Å²) < 4.78 is 0. The Morgan fingerprint density at radius 2 is 2.14 bits per heavy atom. The maximum atomic E-state index is 12.0. The molecule has 114 valence electrons. The maximum absolute atomic E-state index is 12.0. The molecular formula is C15H20ClN3OS. The summed E-state index contributed by atoms with van der Waals surface area (Å²) in [5.74, 6) is -0.135. The Labute approximate surface area is 135 Å². The second-order valence-electron chi connectivity index (χ2n) is 4.78. The molecule has 1 amide bonds. The molecule has 0 radical (unpaired) electrons. The average Bonchev–Trinajstić information content (AvgIpc) is 2.86. The van der Waals surface area contributed by atoms with Crippen molar-refractivity contribution in [2.45, 2.75) is 26.8 Å². The Balaban J connectivity index is 0.00000220. The van der Waals surface area contributed by atoms with Crippen LogP contribution in [0.5, 0.6) is 0 Å². The summed E-state index contributed by atoms with van der Waals surface area (Å²) in [5, 5.41) is 5.59. The number of rotatable bonds is 5. The summed E-state index contributed by atoms with van der Waals surface area (Å²) in [7, 11) is 0. The van der Waals surface area contributed by atoms with E-state index in [-0.39, 0.29) is 18.3 Å². The Bertz CT molecular complexity index is 613. The number of aromatic nitrogens is 1. The number of carbonyl (C=O) groups is 1. The van der Waals surface area contributed by atoms with E-state index in [4.69, 9.17) is 5.73 Å². The van der Waals surface area contributed by atoms with Crippen LogP contribution in [0, 0.1) is 13.8 Å². The van der Waals surface area contributed by atoms with E-state index in [2.05, 4.69) is 36.3 Å². The van der Waals surface area contributed by atoms with Crippen molar-refractivity contribution in [2.24, 2.45) is 5.73 Å². The lowest BCUT2D eigenvalue weighted by Gasteiger charge is -2.07. The summed E-state index contributed by atoms with van der Waals surface area (Å²) >= 11 is 1.48. The minimum absolute atomic E-state index is 0. The normalized spacial score (nSPS) is 10.0. The molecule has 0 spiro atoms. The van der Waals surface area contributed by atoms with Crippen molar-refractivity contribution in [1.82, 2.24) is 10.3 Å². The van der Waals surface area contributed by atoms with E-state index in [0.717, 1.165) is 17.0 Å². The first-order chi connectivity index (χ1) is 9.60. The maximum Gasteiger partial charge on any atom is 0.271 e. The smallest absolute Gasteiger partial charge is 0.271 e. The van der Waals surface area contributed by atoms with E-state index in [1.54, 1.807) is 5.38 Å². The number of halogens is 1. The third-order valence-corrected chi connectivity index (χ3v) is 3.99. The quantitative estimate of drug-likeness (QED) is 0.888. The number of benzene rings is 1. The molecule has 3 N–H and O–H groups in total. The van der Waals surface area contributed by atoms with Crippen LogP contribution < -0.4 is 11.1 Å². The lowest BCUT2D eigenvalue weighted by molar-refractivity contribution is 0.0946. The minimum Gasteiger partial charge on any atom is -0.347 e. The molecule has 0 aliphatic carbocycles. The van der Waals surface area contributed by atoms with E-state index in [1.807, 2.05) is 6.07 Å². The van der Waals surface area contributed by atoms with Gasteiger partial charge >= 0.3 is 0 Å². The SMILES string of the molecule is Cc1ccc(CNC(=O)c2csc(CCN)n2)c(C)c1.Cl. The van der Waals surface area contributed by atoms with Crippen LogP contribution >= 0.6 is 23.7 Å². The molecule has 0 unspecified atom stereocenters. The standard InChI is InChI=1S/C15H19N3OS.ClH/c1-10-3-4-12(11(2)7-10)8-17-15(19)13-9-20-14(18-13)5-6-16;/h3-4,7,9H,5-6,8,16H2,1-2H3,(H,17,19);1H. The first-order valence-corrected chi connectivity index (χ1v) is 7.47. The number of nitrogens with one attached hydrogen (secondary N) is 1. The first kappa shape index (κ1) is 17.6. The first-order valence-electron chi connectivity index (χ1n) is 6.59. The fourth-order valence-electron chi connectivity index (χ4n) is 1.96. The summed E-state index contributed by atoms with van der Waals surface area (Å²) in [4.78, 5) is 16.3. The van der Waals surface area contributed by atoms with E-state index >= 15 is 0 Å². The fraction of sp³-hybridized carbons (Fsp3) is 0.333. The molecule has 2 rings (SSSR count). The van der Waals surface area contributed by atoms with Crippen LogP contribution in [0.25, 0.3) is 0 Å². The number of aryl methyl sites for hydroxylation is 2. The molecule has 1 heterocycles. The third-order valence-electron chi connectivity index (χ3n) is 3.08. The van der Waals surface area contributed by atoms with Gasteiger partial charge in [0, 0.05) is 18.3 Å². The van der Waals surface area contributed by atoms with E-state index in [1.165, 1.54) is 22.5 Å². The lowest BCUT2D eigenvalue weighted by atomic mass is 10.1. The van der Waals surface area contributed by atoms with Crippen molar-refractivity contribution in [3.63, 3.8) is 0 Å². The van der Waals surface area contributed by atoms with Crippen molar-refractivity contribution < 1.29 is 4.79 Å². The molecular weight excluding hydrogens is 306 g/mol. The van der Waals surface area contributed by atoms with Gasteiger partial charge in [0.15, 0.2) is 0 Å². The zero-order chi connectivity index (χ0) is 14.5. The number of nitrogens with two attached hydrogens (primary N) is 1. The van der Waals surface area contributed by atoms with Crippen molar-refractivity contribution >= 4 is 29.7 Å². The number of hydrogen-bond donors (Lipinski definition) is 2. The largest absolute Gasteiger partial charge is 0.347 e. The van der Waals surface area contributed by atoms with Gasteiger partial charge in [-0.15, -0.1) is 23.7 Å². The van der Waals surface area contributed by atoms with Crippen LogP contribution in [0.3, 0.4) is 0 Å². The molecule has 21 heavy (non-hydrogen) atoms. The Morgan fingerprint density at radius 1 is 1.38 bits per heavy atom. The van der Waals surface area contributed by atoms with Gasteiger partial charge in [0.2, 0.25) is 0 Å². The number of nitrogens with zero attached hydrogens (tertiary/aromatic N) is 1. The molecule has 0 saturated heterocycles. The van der Waals surface area contributed by atoms with E-state index in [9.17, 15) is 4.79 Å². The molecule has 1 aromatic carbocycles. The van der Waals surface area contributed by atoms with Gasteiger partial charge in [-0.3, -0.25) is 4.79 Å². The Hall–Kier alpha value is -1.43. The van der Waals surface area contributed by atoms with Crippen molar-refractivity contribution in [3.05, 3.63) is 51.0 Å². The highest BCUT2D eigenvalue weighted by atomic mass is 35.5. The summed E-state index contributed by atoms with van der Waals surface area (Å²) in [6, 6.07) is 6.21. The number of thiazole rings is 1. The summed E-state index contributed by atoms with van der Waals surface area (Å²) in [5.41, 5.74) is 9.49. The van der Waals surface area contributed by atoms with Crippen LogP contribution in [0.4, 0.5) is 0 Å². The van der Waals surface area contributed by atoms with Crippen LogP contribution in [0.2, 0.25) is 0 Å². The highest BCUT2D eigenvalue weighted by molar-refractivity contribution is 7.09. The van der Waals surface area contributed by atoms with Crippen LogP contribution in [-0.2, 0) is 13.0 Å². The highest BCUT2D eigenvalue weighted by Crippen LogP contribution is 2.12.